The molecule has 1 heterocycles. The van der Waals surface area contributed by atoms with Crippen LogP contribution in [0.1, 0.15) is 0 Å². The van der Waals surface area contributed by atoms with Crippen LogP contribution in [-0.2, 0) is 7.05 Å². The molecule has 0 amide bonds. The molecule has 0 aliphatic carbocycles. The van der Waals surface area contributed by atoms with Gasteiger partial charge in [0, 0.05) is 13.1 Å². The molecule has 1 N–H and O–H groups in total. The lowest BCUT2D eigenvalue weighted by atomic mass is 10.2. The summed E-state index contributed by atoms with van der Waals surface area (Å²) in [5, 5.41) is 13.9. The number of anilines is 2. The summed E-state index contributed by atoms with van der Waals surface area (Å²) in [6.45, 7) is 0. The standard InChI is InChI=1S/C12H14N4O4/c1-15-7-13-11(16(17)18)12(15)14-9-5-4-8(19-2)6-10(9)20-3/h4-7,14H,1-3H3. The van der Waals surface area contributed by atoms with Crippen LogP contribution in [0.2, 0.25) is 0 Å². The number of imidazole rings is 1. The highest BCUT2D eigenvalue weighted by Gasteiger charge is 2.21. The van der Waals surface area contributed by atoms with Crippen LogP contribution in [0.3, 0.4) is 0 Å². The van der Waals surface area contributed by atoms with Crippen molar-refractivity contribution in [2.45, 2.75) is 0 Å². The highest BCUT2D eigenvalue weighted by atomic mass is 16.6. The molecule has 0 fully saturated rings. The molecule has 0 saturated heterocycles. The summed E-state index contributed by atoms with van der Waals surface area (Å²) >= 11 is 0. The first-order valence-electron chi connectivity index (χ1n) is 5.71. The second kappa shape index (κ2) is 5.47. The summed E-state index contributed by atoms with van der Waals surface area (Å²) in [6, 6.07) is 5.13. The van der Waals surface area contributed by atoms with E-state index >= 15 is 0 Å². The SMILES string of the molecule is COc1ccc(Nc2c([N+](=O)[O-])ncn2C)c(OC)c1. The van der Waals surface area contributed by atoms with E-state index in [2.05, 4.69) is 10.3 Å². The molecular formula is C12H14N4O4. The predicted octanol–water partition coefficient (Wildman–Crippen LogP) is 2.09. The number of nitrogens with one attached hydrogen (secondary N) is 1. The number of rotatable bonds is 5. The monoisotopic (exact) mass is 278 g/mol. The van der Waals surface area contributed by atoms with E-state index in [0.29, 0.717) is 17.2 Å². The van der Waals surface area contributed by atoms with Crippen LogP contribution in [0.5, 0.6) is 11.5 Å². The number of hydrogen-bond donors (Lipinski definition) is 1. The number of aryl methyl sites for hydroxylation is 1. The molecule has 2 rings (SSSR count). The number of hydrogen-bond acceptors (Lipinski definition) is 6. The number of aromatic nitrogens is 2. The van der Waals surface area contributed by atoms with Crippen molar-refractivity contribution in [3.63, 3.8) is 0 Å². The zero-order valence-electron chi connectivity index (χ0n) is 11.3. The van der Waals surface area contributed by atoms with Crippen molar-refractivity contribution >= 4 is 17.3 Å². The Morgan fingerprint density at radius 3 is 2.70 bits per heavy atom. The van der Waals surface area contributed by atoms with Gasteiger partial charge >= 0.3 is 5.82 Å². The van der Waals surface area contributed by atoms with Crippen LogP contribution in [0.4, 0.5) is 17.3 Å². The van der Waals surface area contributed by atoms with Gasteiger partial charge in [-0.2, -0.15) is 0 Å². The van der Waals surface area contributed by atoms with Crippen molar-refractivity contribution in [3.8, 4) is 11.5 Å². The molecule has 1 aromatic carbocycles. The van der Waals surface area contributed by atoms with Crippen molar-refractivity contribution in [2.75, 3.05) is 19.5 Å². The Balaban J connectivity index is 2.39. The van der Waals surface area contributed by atoms with Gasteiger partial charge in [0.25, 0.3) is 0 Å². The van der Waals surface area contributed by atoms with E-state index in [9.17, 15) is 10.1 Å². The molecular weight excluding hydrogens is 264 g/mol. The van der Waals surface area contributed by atoms with Crippen LogP contribution in [0.25, 0.3) is 0 Å². The third-order valence-corrected chi connectivity index (χ3v) is 2.75. The Morgan fingerprint density at radius 1 is 1.35 bits per heavy atom. The summed E-state index contributed by atoms with van der Waals surface area (Å²) in [6.07, 6.45) is 1.37. The van der Waals surface area contributed by atoms with E-state index in [-0.39, 0.29) is 11.6 Å². The fraction of sp³-hybridized carbons (Fsp3) is 0.250. The lowest BCUT2D eigenvalue weighted by Gasteiger charge is -2.12. The average molecular weight is 278 g/mol. The maximum Gasteiger partial charge on any atom is 0.406 e. The van der Waals surface area contributed by atoms with Crippen molar-refractivity contribution in [3.05, 3.63) is 34.6 Å². The maximum absolute atomic E-state index is 10.9. The van der Waals surface area contributed by atoms with E-state index in [4.69, 9.17) is 9.47 Å². The first kappa shape index (κ1) is 13.7. The number of ether oxygens (including phenoxy) is 2. The van der Waals surface area contributed by atoms with Crippen LogP contribution in [-0.4, -0.2) is 28.7 Å². The minimum Gasteiger partial charge on any atom is -0.497 e. The Kier molecular flexibility index (Phi) is 3.74. The Labute approximate surface area is 115 Å². The third kappa shape index (κ3) is 2.48. The molecule has 0 bridgehead atoms. The molecule has 0 spiro atoms. The van der Waals surface area contributed by atoms with Gasteiger partial charge in [0.1, 0.15) is 11.5 Å². The molecule has 8 heteroatoms. The second-order valence-electron chi connectivity index (χ2n) is 3.98. The molecule has 20 heavy (non-hydrogen) atoms. The number of nitrogens with zero attached hydrogens (tertiary/aromatic N) is 3. The van der Waals surface area contributed by atoms with E-state index in [1.165, 1.54) is 18.0 Å². The Morgan fingerprint density at radius 2 is 2.10 bits per heavy atom. The van der Waals surface area contributed by atoms with Gasteiger partial charge < -0.3 is 24.9 Å². The molecule has 0 saturated carbocycles. The van der Waals surface area contributed by atoms with Gasteiger partial charge in [0.15, 0.2) is 0 Å². The molecule has 0 unspecified atom stereocenters. The molecule has 0 atom stereocenters. The second-order valence-corrected chi connectivity index (χ2v) is 3.98. The molecule has 8 nitrogen and oxygen atoms in total. The zero-order chi connectivity index (χ0) is 14.7. The minimum absolute atomic E-state index is 0.245. The number of benzene rings is 1. The van der Waals surface area contributed by atoms with Crippen molar-refractivity contribution < 1.29 is 14.4 Å². The number of methoxy groups -OCH3 is 2. The van der Waals surface area contributed by atoms with Gasteiger partial charge in [-0.3, -0.25) is 4.57 Å². The highest BCUT2D eigenvalue weighted by molar-refractivity contribution is 5.69. The summed E-state index contributed by atoms with van der Waals surface area (Å²) in [7, 11) is 4.73. The van der Waals surface area contributed by atoms with Crippen LogP contribution in [0.15, 0.2) is 24.5 Å². The molecule has 0 aliphatic heterocycles. The van der Waals surface area contributed by atoms with Crippen LogP contribution >= 0.6 is 0 Å². The van der Waals surface area contributed by atoms with Gasteiger partial charge in [0.05, 0.1) is 19.9 Å². The first-order chi connectivity index (χ1) is 9.56. The lowest BCUT2D eigenvalue weighted by molar-refractivity contribution is -0.388. The normalized spacial score (nSPS) is 10.2. The molecule has 1 aromatic heterocycles. The number of nitro groups is 1. The smallest absolute Gasteiger partial charge is 0.406 e. The first-order valence-corrected chi connectivity index (χ1v) is 5.71. The predicted molar refractivity (Wildman–Crippen MR) is 72.7 cm³/mol. The van der Waals surface area contributed by atoms with E-state index in [0.717, 1.165) is 0 Å². The Bertz CT molecular complexity index is 638. The van der Waals surface area contributed by atoms with Crippen molar-refractivity contribution in [2.24, 2.45) is 7.05 Å². The van der Waals surface area contributed by atoms with E-state index < -0.39 is 4.92 Å². The van der Waals surface area contributed by atoms with Crippen molar-refractivity contribution in [1.29, 1.82) is 0 Å². The summed E-state index contributed by atoms with van der Waals surface area (Å²) < 4.78 is 11.9. The lowest BCUT2D eigenvalue weighted by Crippen LogP contribution is -2.02. The summed E-state index contributed by atoms with van der Waals surface area (Å²) in [5.74, 6) is 1.18. The van der Waals surface area contributed by atoms with Gasteiger partial charge in [-0.05, 0) is 22.0 Å². The quantitative estimate of drug-likeness (QED) is 0.665. The molecule has 0 radical (unpaired) electrons. The molecule has 2 aromatic rings. The van der Waals surface area contributed by atoms with Gasteiger partial charge in [0.2, 0.25) is 12.1 Å². The van der Waals surface area contributed by atoms with E-state index in [1.807, 2.05) is 0 Å². The zero-order valence-corrected chi connectivity index (χ0v) is 11.3. The summed E-state index contributed by atoms with van der Waals surface area (Å²) in [4.78, 5) is 14.1. The van der Waals surface area contributed by atoms with Gasteiger partial charge in [-0.25, -0.2) is 0 Å². The van der Waals surface area contributed by atoms with E-state index in [1.54, 1.807) is 32.4 Å². The third-order valence-electron chi connectivity index (χ3n) is 2.75. The topological polar surface area (TPSA) is 91.5 Å². The highest BCUT2D eigenvalue weighted by Crippen LogP contribution is 2.33. The summed E-state index contributed by atoms with van der Waals surface area (Å²) in [5.41, 5.74) is 0.583. The molecule has 0 aliphatic rings. The minimum atomic E-state index is -0.543. The van der Waals surface area contributed by atoms with Crippen LogP contribution in [0, 0.1) is 10.1 Å². The largest absolute Gasteiger partial charge is 0.497 e. The fourth-order valence-corrected chi connectivity index (χ4v) is 1.72. The van der Waals surface area contributed by atoms with Crippen LogP contribution < -0.4 is 14.8 Å². The van der Waals surface area contributed by atoms with Gasteiger partial charge in [-0.1, -0.05) is 0 Å². The fourth-order valence-electron chi connectivity index (χ4n) is 1.72. The maximum atomic E-state index is 10.9. The van der Waals surface area contributed by atoms with Gasteiger partial charge in [-0.15, -0.1) is 0 Å². The molecule has 106 valence electrons. The average Bonchev–Trinajstić information content (AvgIpc) is 2.81. The van der Waals surface area contributed by atoms with Crippen molar-refractivity contribution in [1.82, 2.24) is 9.55 Å². The Hall–Kier alpha value is -2.77.